The van der Waals surface area contributed by atoms with Gasteiger partial charge in [-0.1, -0.05) is 30.3 Å². The third kappa shape index (κ3) is 2.96. The van der Waals surface area contributed by atoms with Gasteiger partial charge in [-0.05, 0) is 49.4 Å². The van der Waals surface area contributed by atoms with Crippen molar-refractivity contribution >= 4 is 5.69 Å². The van der Waals surface area contributed by atoms with Crippen LogP contribution in [0.15, 0.2) is 48.5 Å². The summed E-state index contributed by atoms with van der Waals surface area (Å²) in [7, 11) is 0. The van der Waals surface area contributed by atoms with Gasteiger partial charge < -0.3 is 10.1 Å². The zero-order valence-electron chi connectivity index (χ0n) is 11.9. The Kier molecular flexibility index (Phi) is 3.91. The molecule has 0 saturated heterocycles. The van der Waals surface area contributed by atoms with Crippen molar-refractivity contribution in [1.82, 2.24) is 0 Å². The SMILES string of the molecule is CCOc1cccc(NC2CCc3ccccc3C2)c1. The van der Waals surface area contributed by atoms with Crippen LogP contribution >= 0.6 is 0 Å². The van der Waals surface area contributed by atoms with Gasteiger partial charge >= 0.3 is 0 Å². The van der Waals surface area contributed by atoms with Crippen molar-refractivity contribution in [2.24, 2.45) is 0 Å². The summed E-state index contributed by atoms with van der Waals surface area (Å²) in [5.41, 5.74) is 4.14. The van der Waals surface area contributed by atoms with Crippen LogP contribution in [-0.4, -0.2) is 12.6 Å². The quantitative estimate of drug-likeness (QED) is 0.902. The van der Waals surface area contributed by atoms with Crippen LogP contribution in [0.25, 0.3) is 0 Å². The Morgan fingerprint density at radius 1 is 1.10 bits per heavy atom. The van der Waals surface area contributed by atoms with Crippen LogP contribution in [0.2, 0.25) is 0 Å². The number of fused-ring (bicyclic) bond motifs is 1. The zero-order chi connectivity index (χ0) is 13.8. The van der Waals surface area contributed by atoms with E-state index in [1.54, 1.807) is 0 Å². The highest BCUT2D eigenvalue weighted by molar-refractivity contribution is 5.49. The standard InChI is InChI=1S/C18H21NO/c1-2-20-18-9-5-8-16(13-18)19-17-11-10-14-6-3-4-7-15(14)12-17/h3-9,13,17,19H,2,10-12H2,1H3. The van der Waals surface area contributed by atoms with E-state index < -0.39 is 0 Å². The second-order valence-corrected chi connectivity index (χ2v) is 5.31. The van der Waals surface area contributed by atoms with Gasteiger partial charge in [0.25, 0.3) is 0 Å². The molecular formula is C18H21NO. The van der Waals surface area contributed by atoms with Crippen molar-refractivity contribution in [3.05, 3.63) is 59.7 Å². The molecule has 0 spiro atoms. The van der Waals surface area contributed by atoms with Gasteiger partial charge in [-0.3, -0.25) is 0 Å². The molecular weight excluding hydrogens is 246 g/mol. The number of ether oxygens (including phenoxy) is 1. The van der Waals surface area contributed by atoms with Crippen molar-refractivity contribution in [3.63, 3.8) is 0 Å². The fourth-order valence-electron chi connectivity index (χ4n) is 2.90. The predicted octanol–water partition coefficient (Wildman–Crippen LogP) is 4.05. The van der Waals surface area contributed by atoms with Gasteiger partial charge in [0.15, 0.2) is 0 Å². The van der Waals surface area contributed by atoms with E-state index >= 15 is 0 Å². The molecule has 3 rings (SSSR count). The van der Waals surface area contributed by atoms with Gasteiger partial charge in [-0.25, -0.2) is 0 Å². The lowest BCUT2D eigenvalue weighted by Gasteiger charge is -2.26. The number of benzene rings is 2. The van der Waals surface area contributed by atoms with E-state index in [-0.39, 0.29) is 0 Å². The lowest BCUT2D eigenvalue weighted by molar-refractivity contribution is 0.340. The van der Waals surface area contributed by atoms with Crippen molar-refractivity contribution in [1.29, 1.82) is 0 Å². The molecule has 0 aromatic heterocycles. The molecule has 1 aliphatic carbocycles. The summed E-state index contributed by atoms with van der Waals surface area (Å²) in [6, 6.07) is 17.5. The summed E-state index contributed by atoms with van der Waals surface area (Å²) in [6.07, 6.45) is 3.46. The number of hydrogen-bond acceptors (Lipinski definition) is 2. The maximum atomic E-state index is 5.55. The summed E-state index contributed by atoms with van der Waals surface area (Å²) >= 11 is 0. The fourth-order valence-corrected chi connectivity index (χ4v) is 2.90. The second kappa shape index (κ2) is 6.00. The molecule has 0 heterocycles. The summed E-state index contributed by atoms with van der Waals surface area (Å²) < 4.78 is 5.55. The molecule has 2 heteroatoms. The molecule has 2 aromatic rings. The minimum absolute atomic E-state index is 0.516. The molecule has 0 saturated carbocycles. The molecule has 0 amide bonds. The van der Waals surface area contributed by atoms with Crippen LogP contribution in [0.1, 0.15) is 24.5 Å². The summed E-state index contributed by atoms with van der Waals surface area (Å²) in [4.78, 5) is 0. The van der Waals surface area contributed by atoms with E-state index in [4.69, 9.17) is 4.74 Å². The average Bonchev–Trinajstić information content (AvgIpc) is 2.48. The van der Waals surface area contributed by atoms with Crippen LogP contribution < -0.4 is 10.1 Å². The molecule has 1 aliphatic rings. The van der Waals surface area contributed by atoms with Crippen LogP contribution in [0.5, 0.6) is 5.75 Å². The first-order valence-corrected chi connectivity index (χ1v) is 7.41. The summed E-state index contributed by atoms with van der Waals surface area (Å²) in [5, 5.41) is 3.64. The fraction of sp³-hybridized carbons (Fsp3) is 0.333. The van der Waals surface area contributed by atoms with E-state index in [9.17, 15) is 0 Å². The minimum atomic E-state index is 0.516. The highest BCUT2D eigenvalue weighted by Crippen LogP contribution is 2.25. The lowest BCUT2D eigenvalue weighted by atomic mass is 9.88. The van der Waals surface area contributed by atoms with E-state index in [1.807, 2.05) is 19.1 Å². The Morgan fingerprint density at radius 2 is 1.95 bits per heavy atom. The molecule has 104 valence electrons. The van der Waals surface area contributed by atoms with E-state index in [2.05, 4.69) is 41.7 Å². The first kappa shape index (κ1) is 13.0. The largest absolute Gasteiger partial charge is 0.494 e. The number of nitrogens with one attached hydrogen (secondary N) is 1. The summed E-state index contributed by atoms with van der Waals surface area (Å²) in [5.74, 6) is 0.939. The molecule has 1 unspecified atom stereocenters. The Balaban J connectivity index is 1.69. The Labute approximate surface area is 120 Å². The zero-order valence-corrected chi connectivity index (χ0v) is 11.9. The van der Waals surface area contributed by atoms with E-state index in [0.717, 1.165) is 17.9 Å². The molecule has 0 bridgehead atoms. The topological polar surface area (TPSA) is 21.3 Å². The highest BCUT2D eigenvalue weighted by atomic mass is 16.5. The number of aryl methyl sites for hydroxylation is 1. The van der Waals surface area contributed by atoms with Crippen molar-refractivity contribution in [2.45, 2.75) is 32.2 Å². The van der Waals surface area contributed by atoms with Gasteiger partial charge in [-0.2, -0.15) is 0 Å². The molecule has 0 radical (unpaired) electrons. The molecule has 0 aliphatic heterocycles. The maximum absolute atomic E-state index is 5.55. The van der Waals surface area contributed by atoms with Crippen LogP contribution in [0, 0.1) is 0 Å². The van der Waals surface area contributed by atoms with Crippen LogP contribution in [0.4, 0.5) is 5.69 Å². The maximum Gasteiger partial charge on any atom is 0.121 e. The normalized spacial score (nSPS) is 17.4. The molecule has 0 fully saturated rings. The molecule has 20 heavy (non-hydrogen) atoms. The van der Waals surface area contributed by atoms with E-state index in [0.29, 0.717) is 12.6 Å². The number of anilines is 1. The molecule has 2 nitrogen and oxygen atoms in total. The van der Waals surface area contributed by atoms with E-state index in [1.165, 1.54) is 24.0 Å². The third-order valence-corrected chi connectivity index (χ3v) is 3.86. The smallest absolute Gasteiger partial charge is 0.121 e. The predicted molar refractivity (Wildman–Crippen MR) is 83.5 cm³/mol. The van der Waals surface area contributed by atoms with Gasteiger partial charge in [0, 0.05) is 17.8 Å². The van der Waals surface area contributed by atoms with Gasteiger partial charge in [0.2, 0.25) is 0 Å². The minimum Gasteiger partial charge on any atom is -0.494 e. The van der Waals surface area contributed by atoms with Crippen LogP contribution in [-0.2, 0) is 12.8 Å². The Morgan fingerprint density at radius 3 is 2.80 bits per heavy atom. The average molecular weight is 267 g/mol. The summed E-state index contributed by atoms with van der Waals surface area (Å²) in [6.45, 7) is 2.72. The van der Waals surface area contributed by atoms with Crippen molar-refractivity contribution in [2.75, 3.05) is 11.9 Å². The number of rotatable bonds is 4. The Hall–Kier alpha value is -1.96. The highest BCUT2D eigenvalue weighted by Gasteiger charge is 2.17. The van der Waals surface area contributed by atoms with Gasteiger partial charge in [0.05, 0.1) is 6.61 Å². The lowest BCUT2D eigenvalue weighted by Crippen LogP contribution is -2.27. The molecule has 1 atom stereocenters. The Bertz CT molecular complexity index is 579. The van der Waals surface area contributed by atoms with Crippen molar-refractivity contribution < 1.29 is 4.74 Å². The van der Waals surface area contributed by atoms with Gasteiger partial charge in [-0.15, -0.1) is 0 Å². The second-order valence-electron chi connectivity index (χ2n) is 5.31. The van der Waals surface area contributed by atoms with Gasteiger partial charge in [0.1, 0.15) is 5.75 Å². The molecule has 2 aromatic carbocycles. The van der Waals surface area contributed by atoms with Crippen LogP contribution in [0.3, 0.4) is 0 Å². The first-order valence-electron chi connectivity index (χ1n) is 7.41. The van der Waals surface area contributed by atoms with Crippen molar-refractivity contribution in [3.8, 4) is 5.75 Å². The number of hydrogen-bond donors (Lipinski definition) is 1. The third-order valence-electron chi connectivity index (χ3n) is 3.86. The first-order chi connectivity index (χ1) is 9.85. The monoisotopic (exact) mass is 267 g/mol. The molecule has 1 N–H and O–H groups in total.